The van der Waals surface area contributed by atoms with E-state index in [0.717, 1.165) is 10.4 Å². The number of aromatic nitrogens is 2. The second kappa shape index (κ2) is 5.90. The third-order valence-electron chi connectivity index (χ3n) is 2.87. The van der Waals surface area contributed by atoms with E-state index in [1.807, 2.05) is 0 Å². The second-order valence-electron chi connectivity index (χ2n) is 4.44. The number of H-pyrrole nitrogens is 1. The number of hydrogen-bond donors (Lipinski definition) is 2. The van der Waals surface area contributed by atoms with Crippen LogP contribution in [0.5, 0.6) is 0 Å². The summed E-state index contributed by atoms with van der Waals surface area (Å²) in [5.41, 5.74) is 0.685. The lowest BCUT2D eigenvalue weighted by atomic mass is 10.3. The Balaban J connectivity index is 1.79. The summed E-state index contributed by atoms with van der Waals surface area (Å²) in [5, 5.41) is 2.63. The van der Waals surface area contributed by atoms with E-state index in [1.54, 1.807) is 18.2 Å². The van der Waals surface area contributed by atoms with Gasteiger partial charge < -0.3 is 10.3 Å². The van der Waals surface area contributed by atoms with Crippen LogP contribution in [0.2, 0.25) is 0 Å². The average molecular weight is 315 g/mol. The van der Waals surface area contributed by atoms with E-state index in [4.69, 9.17) is 0 Å². The number of nitrogens with zero attached hydrogens (tertiary/aromatic N) is 1. The van der Waals surface area contributed by atoms with Crippen molar-refractivity contribution in [1.29, 1.82) is 0 Å². The largest absolute Gasteiger partial charge is 0.344 e. The number of nitrogens with one attached hydrogen (secondary N) is 2. The molecule has 2 N–H and O–H groups in total. The molecule has 0 fully saturated rings. The van der Waals surface area contributed by atoms with Gasteiger partial charge in [-0.05, 0) is 30.3 Å². The number of aromatic amines is 1. The molecular weight excluding hydrogens is 305 g/mol. The zero-order valence-corrected chi connectivity index (χ0v) is 12.0. The summed E-state index contributed by atoms with van der Waals surface area (Å²) in [6.45, 7) is 0. The van der Waals surface area contributed by atoms with Crippen LogP contribution in [0.1, 0.15) is 9.67 Å². The number of thiophene rings is 1. The van der Waals surface area contributed by atoms with Crippen LogP contribution in [0.4, 0.5) is 10.1 Å². The molecule has 0 aliphatic heterocycles. The van der Waals surface area contributed by atoms with Crippen molar-refractivity contribution in [2.24, 2.45) is 0 Å². The van der Waals surface area contributed by atoms with Crippen LogP contribution >= 0.6 is 11.3 Å². The quantitative estimate of drug-likeness (QED) is 0.780. The van der Waals surface area contributed by atoms with Crippen molar-refractivity contribution >= 4 is 22.9 Å². The van der Waals surface area contributed by atoms with Crippen LogP contribution in [-0.4, -0.2) is 15.9 Å². The molecule has 3 aromatic rings. The van der Waals surface area contributed by atoms with E-state index in [0.29, 0.717) is 10.6 Å². The Kier molecular flexibility index (Phi) is 3.80. The fourth-order valence-corrected chi connectivity index (χ4v) is 2.73. The van der Waals surface area contributed by atoms with Gasteiger partial charge in [-0.25, -0.2) is 14.2 Å². The Morgan fingerprint density at radius 2 is 2.14 bits per heavy atom. The van der Waals surface area contributed by atoms with Gasteiger partial charge in [-0.3, -0.25) is 4.79 Å². The summed E-state index contributed by atoms with van der Waals surface area (Å²) in [5.74, 6) is -0.733. The van der Waals surface area contributed by atoms with Crippen LogP contribution in [0, 0.1) is 5.82 Å². The predicted octanol–water partition coefficient (Wildman–Crippen LogP) is 2.89. The van der Waals surface area contributed by atoms with E-state index in [-0.39, 0.29) is 5.91 Å². The van der Waals surface area contributed by atoms with Crippen molar-refractivity contribution in [3.63, 3.8) is 0 Å². The SMILES string of the molecule is O=C(Nc1cccc(F)c1)c1ccc(-c2cnc(=O)[nH]c2)s1. The third-order valence-corrected chi connectivity index (χ3v) is 4.00. The maximum absolute atomic E-state index is 13.1. The topological polar surface area (TPSA) is 74.8 Å². The minimum atomic E-state index is -0.427. The molecule has 1 aromatic carbocycles. The zero-order chi connectivity index (χ0) is 15.5. The van der Waals surface area contributed by atoms with Crippen molar-refractivity contribution in [1.82, 2.24) is 9.97 Å². The van der Waals surface area contributed by atoms with Gasteiger partial charge >= 0.3 is 5.69 Å². The molecule has 0 aliphatic carbocycles. The number of anilines is 1. The normalized spacial score (nSPS) is 10.4. The lowest BCUT2D eigenvalue weighted by molar-refractivity contribution is 0.103. The van der Waals surface area contributed by atoms with Gasteiger partial charge in [0.1, 0.15) is 5.82 Å². The smallest absolute Gasteiger partial charge is 0.321 e. The first-order chi connectivity index (χ1) is 10.6. The van der Waals surface area contributed by atoms with E-state index in [2.05, 4.69) is 15.3 Å². The highest BCUT2D eigenvalue weighted by Gasteiger charge is 2.11. The van der Waals surface area contributed by atoms with Crippen molar-refractivity contribution in [3.8, 4) is 10.4 Å². The third kappa shape index (κ3) is 3.09. The number of hydrogen-bond acceptors (Lipinski definition) is 4. The fraction of sp³-hybridized carbons (Fsp3) is 0. The summed E-state index contributed by atoms with van der Waals surface area (Å²) in [7, 11) is 0. The molecule has 7 heteroatoms. The minimum Gasteiger partial charge on any atom is -0.321 e. The van der Waals surface area contributed by atoms with Gasteiger partial charge in [-0.15, -0.1) is 11.3 Å². The zero-order valence-electron chi connectivity index (χ0n) is 11.2. The number of benzene rings is 1. The van der Waals surface area contributed by atoms with E-state index in [9.17, 15) is 14.0 Å². The second-order valence-corrected chi connectivity index (χ2v) is 5.52. The molecule has 0 saturated heterocycles. The standard InChI is InChI=1S/C15H10FN3O2S/c16-10-2-1-3-11(6-10)19-14(20)13-5-4-12(22-13)9-7-17-15(21)18-8-9/h1-8H,(H,19,20)(H,17,18,21). The Hall–Kier alpha value is -2.80. The highest BCUT2D eigenvalue weighted by atomic mass is 32.1. The molecule has 110 valence electrons. The van der Waals surface area contributed by atoms with Crippen LogP contribution in [0.15, 0.2) is 53.6 Å². The Labute approximate surface area is 128 Å². The van der Waals surface area contributed by atoms with Gasteiger partial charge in [0.15, 0.2) is 0 Å². The number of halogens is 1. The van der Waals surface area contributed by atoms with E-state index >= 15 is 0 Å². The van der Waals surface area contributed by atoms with Crippen LogP contribution in [-0.2, 0) is 0 Å². The molecule has 0 spiro atoms. The number of amides is 1. The summed E-state index contributed by atoms with van der Waals surface area (Å²) < 4.78 is 13.1. The van der Waals surface area contributed by atoms with E-state index < -0.39 is 11.5 Å². The molecule has 1 amide bonds. The Morgan fingerprint density at radius 3 is 2.86 bits per heavy atom. The first kappa shape index (κ1) is 14.2. The summed E-state index contributed by atoms with van der Waals surface area (Å²) in [6.07, 6.45) is 2.98. The molecule has 0 unspecified atom stereocenters. The molecule has 0 atom stereocenters. The van der Waals surface area contributed by atoms with Crippen LogP contribution in [0.25, 0.3) is 10.4 Å². The maximum atomic E-state index is 13.1. The molecular formula is C15H10FN3O2S. The predicted molar refractivity (Wildman–Crippen MR) is 82.5 cm³/mol. The van der Waals surface area contributed by atoms with Crippen molar-refractivity contribution < 1.29 is 9.18 Å². The average Bonchev–Trinajstić information content (AvgIpc) is 2.98. The Morgan fingerprint density at radius 1 is 1.27 bits per heavy atom. The Bertz CT molecular complexity index is 868. The fourth-order valence-electron chi connectivity index (χ4n) is 1.85. The lowest BCUT2D eigenvalue weighted by Gasteiger charge is -2.03. The highest BCUT2D eigenvalue weighted by Crippen LogP contribution is 2.27. The number of rotatable bonds is 3. The summed E-state index contributed by atoms with van der Waals surface area (Å²) in [6, 6.07) is 9.12. The lowest BCUT2D eigenvalue weighted by Crippen LogP contribution is -2.10. The van der Waals surface area contributed by atoms with Gasteiger partial charge in [-0.1, -0.05) is 6.07 Å². The van der Waals surface area contributed by atoms with Gasteiger partial charge in [-0.2, -0.15) is 0 Å². The van der Waals surface area contributed by atoms with Crippen molar-refractivity contribution in [3.05, 3.63) is 70.0 Å². The summed E-state index contributed by atoms with van der Waals surface area (Å²) >= 11 is 1.26. The molecule has 2 heterocycles. The number of carbonyl (C=O) groups is 1. The van der Waals surface area contributed by atoms with Gasteiger partial charge in [0.2, 0.25) is 0 Å². The van der Waals surface area contributed by atoms with Crippen molar-refractivity contribution in [2.45, 2.75) is 0 Å². The molecule has 2 aromatic heterocycles. The summed E-state index contributed by atoms with van der Waals surface area (Å²) in [4.78, 5) is 30.5. The van der Waals surface area contributed by atoms with Gasteiger partial charge in [0.25, 0.3) is 5.91 Å². The van der Waals surface area contributed by atoms with Gasteiger partial charge in [0, 0.05) is 28.5 Å². The number of carbonyl (C=O) groups excluding carboxylic acids is 1. The van der Waals surface area contributed by atoms with Crippen LogP contribution < -0.4 is 11.0 Å². The molecule has 3 rings (SSSR count). The minimum absolute atomic E-state index is 0.320. The van der Waals surface area contributed by atoms with Crippen molar-refractivity contribution in [2.75, 3.05) is 5.32 Å². The molecule has 0 radical (unpaired) electrons. The first-order valence-corrected chi connectivity index (χ1v) is 7.15. The van der Waals surface area contributed by atoms with Crippen LogP contribution in [0.3, 0.4) is 0 Å². The highest BCUT2D eigenvalue weighted by molar-refractivity contribution is 7.17. The molecule has 0 saturated carbocycles. The maximum Gasteiger partial charge on any atom is 0.344 e. The molecule has 0 bridgehead atoms. The van der Waals surface area contributed by atoms with E-state index in [1.165, 1.54) is 41.9 Å². The molecule has 5 nitrogen and oxygen atoms in total. The monoisotopic (exact) mass is 315 g/mol. The first-order valence-electron chi connectivity index (χ1n) is 6.34. The molecule has 22 heavy (non-hydrogen) atoms. The molecule has 0 aliphatic rings. The van der Waals surface area contributed by atoms with Gasteiger partial charge in [0.05, 0.1) is 4.88 Å².